The molecular formula is C15H13BrF3N. The minimum absolute atomic E-state index is 0.123. The molecule has 0 fully saturated rings. The molecule has 5 heteroatoms. The predicted molar refractivity (Wildman–Crippen MR) is 77.6 cm³/mol. The van der Waals surface area contributed by atoms with Gasteiger partial charge < -0.3 is 5.32 Å². The molecule has 20 heavy (non-hydrogen) atoms. The Hall–Kier alpha value is -1.49. The van der Waals surface area contributed by atoms with E-state index in [2.05, 4.69) is 21.2 Å². The number of hydrogen-bond donors (Lipinski definition) is 1. The third-order valence-corrected chi connectivity index (χ3v) is 4.04. The van der Waals surface area contributed by atoms with Crippen LogP contribution in [0.1, 0.15) is 16.7 Å². The first-order valence-electron chi connectivity index (χ1n) is 6.03. The van der Waals surface area contributed by atoms with Crippen LogP contribution in [0.3, 0.4) is 0 Å². The first-order valence-corrected chi connectivity index (χ1v) is 6.83. The molecular weight excluding hydrogens is 331 g/mol. The van der Waals surface area contributed by atoms with E-state index >= 15 is 0 Å². The molecule has 0 saturated heterocycles. The zero-order chi connectivity index (χ0) is 14.8. The number of benzene rings is 2. The Labute approximate surface area is 123 Å². The quantitative estimate of drug-likeness (QED) is 0.787. The summed E-state index contributed by atoms with van der Waals surface area (Å²) >= 11 is 3.43. The van der Waals surface area contributed by atoms with Gasteiger partial charge in [0.25, 0.3) is 0 Å². The molecule has 0 heterocycles. The van der Waals surface area contributed by atoms with Gasteiger partial charge in [-0.15, -0.1) is 0 Å². The maximum absolute atomic E-state index is 12.9. The second kappa shape index (κ2) is 5.87. The second-order valence-corrected chi connectivity index (χ2v) is 5.24. The van der Waals surface area contributed by atoms with Gasteiger partial charge in [-0.05, 0) is 46.1 Å². The highest BCUT2D eigenvalue weighted by molar-refractivity contribution is 9.10. The van der Waals surface area contributed by atoms with Crippen LogP contribution in [0, 0.1) is 6.92 Å². The number of alkyl halides is 3. The van der Waals surface area contributed by atoms with Gasteiger partial charge >= 0.3 is 6.18 Å². The van der Waals surface area contributed by atoms with Gasteiger partial charge in [0.2, 0.25) is 0 Å². The lowest BCUT2D eigenvalue weighted by Gasteiger charge is -2.15. The molecule has 2 aromatic carbocycles. The summed E-state index contributed by atoms with van der Waals surface area (Å²) in [4.78, 5) is 0. The van der Waals surface area contributed by atoms with Gasteiger partial charge in [0.05, 0.1) is 5.56 Å². The van der Waals surface area contributed by atoms with Crippen LogP contribution in [0.15, 0.2) is 46.9 Å². The third-order valence-electron chi connectivity index (χ3n) is 2.98. The lowest BCUT2D eigenvalue weighted by molar-refractivity contribution is -0.138. The maximum Gasteiger partial charge on any atom is 0.416 e. The number of rotatable bonds is 3. The van der Waals surface area contributed by atoms with Gasteiger partial charge in [-0.1, -0.05) is 30.3 Å². The van der Waals surface area contributed by atoms with Crippen molar-refractivity contribution in [3.05, 3.63) is 63.6 Å². The summed E-state index contributed by atoms with van der Waals surface area (Å²) in [6.45, 7) is 2.05. The van der Waals surface area contributed by atoms with Crippen molar-refractivity contribution in [1.29, 1.82) is 0 Å². The Morgan fingerprint density at radius 3 is 2.45 bits per heavy atom. The van der Waals surface area contributed by atoms with Gasteiger partial charge in [0, 0.05) is 16.7 Å². The molecule has 2 aromatic rings. The summed E-state index contributed by atoms with van der Waals surface area (Å²) in [5, 5.41) is 3.04. The largest absolute Gasteiger partial charge is 0.416 e. The fraction of sp³-hybridized carbons (Fsp3) is 0.200. The predicted octanol–water partition coefficient (Wildman–Crippen LogP) is 5.39. The lowest BCUT2D eigenvalue weighted by Crippen LogP contribution is -2.11. The average Bonchev–Trinajstić information content (AvgIpc) is 2.40. The molecule has 0 spiro atoms. The number of halogens is 4. The van der Waals surface area contributed by atoms with E-state index in [1.165, 1.54) is 12.1 Å². The van der Waals surface area contributed by atoms with E-state index in [9.17, 15) is 13.2 Å². The van der Waals surface area contributed by atoms with Crippen molar-refractivity contribution in [1.82, 2.24) is 0 Å². The molecule has 0 bridgehead atoms. The summed E-state index contributed by atoms with van der Waals surface area (Å²) in [7, 11) is 0. The zero-order valence-corrected chi connectivity index (χ0v) is 12.3. The molecule has 0 aliphatic carbocycles. The average molecular weight is 344 g/mol. The van der Waals surface area contributed by atoms with Crippen molar-refractivity contribution in [2.45, 2.75) is 19.6 Å². The van der Waals surface area contributed by atoms with E-state index < -0.39 is 11.7 Å². The van der Waals surface area contributed by atoms with Gasteiger partial charge in [-0.25, -0.2) is 0 Å². The highest BCUT2D eigenvalue weighted by Crippen LogP contribution is 2.33. The molecule has 0 aromatic heterocycles. The third kappa shape index (κ3) is 3.33. The second-order valence-electron chi connectivity index (χ2n) is 4.44. The normalized spacial score (nSPS) is 11.4. The number of anilines is 1. The van der Waals surface area contributed by atoms with E-state index in [1.807, 2.05) is 25.1 Å². The number of hydrogen-bond acceptors (Lipinski definition) is 1. The van der Waals surface area contributed by atoms with E-state index in [0.717, 1.165) is 21.8 Å². The van der Waals surface area contributed by atoms with Gasteiger partial charge in [0.15, 0.2) is 0 Å². The molecule has 0 atom stereocenters. The monoisotopic (exact) mass is 343 g/mol. The fourth-order valence-corrected chi connectivity index (χ4v) is 2.33. The summed E-state index contributed by atoms with van der Waals surface area (Å²) in [6, 6.07) is 11.2. The van der Waals surface area contributed by atoms with Gasteiger partial charge in [0.1, 0.15) is 0 Å². The Morgan fingerprint density at radius 2 is 1.75 bits per heavy atom. The zero-order valence-electron chi connectivity index (χ0n) is 10.8. The smallest absolute Gasteiger partial charge is 0.380 e. The molecule has 106 valence electrons. The fourth-order valence-electron chi connectivity index (χ4n) is 1.93. The SMILES string of the molecule is Cc1cccc(NCc2ccccc2C(F)(F)F)c1Br. The standard InChI is InChI=1S/C15H13BrF3N/c1-10-5-4-8-13(14(10)16)20-9-11-6-2-3-7-12(11)15(17,18)19/h2-8,20H,9H2,1H3. The molecule has 2 rings (SSSR count). The summed E-state index contributed by atoms with van der Waals surface area (Å²) in [6.07, 6.45) is -4.33. The first kappa shape index (κ1) is 14.9. The van der Waals surface area contributed by atoms with Gasteiger partial charge in [-0.3, -0.25) is 0 Å². The van der Waals surface area contributed by atoms with Crippen LogP contribution >= 0.6 is 15.9 Å². The Bertz CT molecular complexity index is 608. The van der Waals surface area contributed by atoms with Crippen molar-refractivity contribution >= 4 is 21.6 Å². The van der Waals surface area contributed by atoms with Crippen LogP contribution in [-0.4, -0.2) is 0 Å². The molecule has 0 aliphatic heterocycles. The van der Waals surface area contributed by atoms with E-state index in [1.54, 1.807) is 6.07 Å². The van der Waals surface area contributed by atoms with Crippen molar-refractivity contribution in [3.8, 4) is 0 Å². The van der Waals surface area contributed by atoms with Crippen LogP contribution in [0.4, 0.5) is 18.9 Å². The van der Waals surface area contributed by atoms with Gasteiger partial charge in [-0.2, -0.15) is 13.2 Å². The Morgan fingerprint density at radius 1 is 1.05 bits per heavy atom. The van der Waals surface area contributed by atoms with E-state index in [-0.39, 0.29) is 12.1 Å². The lowest BCUT2D eigenvalue weighted by atomic mass is 10.1. The highest BCUT2D eigenvalue weighted by atomic mass is 79.9. The molecule has 0 aliphatic rings. The highest BCUT2D eigenvalue weighted by Gasteiger charge is 2.32. The molecule has 1 nitrogen and oxygen atoms in total. The minimum atomic E-state index is -4.33. The van der Waals surface area contributed by atoms with Crippen LogP contribution in [0.5, 0.6) is 0 Å². The van der Waals surface area contributed by atoms with E-state index in [4.69, 9.17) is 0 Å². The van der Waals surface area contributed by atoms with Crippen LogP contribution < -0.4 is 5.32 Å². The van der Waals surface area contributed by atoms with E-state index in [0.29, 0.717) is 0 Å². The minimum Gasteiger partial charge on any atom is -0.380 e. The van der Waals surface area contributed by atoms with Crippen molar-refractivity contribution in [2.75, 3.05) is 5.32 Å². The molecule has 0 radical (unpaired) electrons. The van der Waals surface area contributed by atoms with Crippen LogP contribution in [0.25, 0.3) is 0 Å². The van der Waals surface area contributed by atoms with Crippen LogP contribution in [-0.2, 0) is 12.7 Å². The van der Waals surface area contributed by atoms with Crippen molar-refractivity contribution in [3.63, 3.8) is 0 Å². The Balaban J connectivity index is 2.22. The molecule has 1 N–H and O–H groups in total. The summed E-state index contributed by atoms with van der Waals surface area (Å²) < 4.78 is 39.5. The van der Waals surface area contributed by atoms with Crippen molar-refractivity contribution < 1.29 is 13.2 Å². The van der Waals surface area contributed by atoms with Crippen molar-refractivity contribution in [2.24, 2.45) is 0 Å². The number of aryl methyl sites for hydroxylation is 1. The Kier molecular flexibility index (Phi) is 4.38. The molecule has 0 saturated carbocycles. The molecule has 0 amide bonds. The first-order chi connectivity index (χ1) is 9.39. The summed E-state index contributed by atoms with van der Waals surface area (Å²) in [5.41, 5.74) is 1.44. The molecule has 0 unspecified atom stereocenters. The number of nitrogens with one attached hydrogen (secondary N) is 1. The maximum atomic E-state index is 12.9. The van der Waals surface area contributed by atoms with Crippen LogP contribution in [0.2, 0.25) is 0 Å². The summed E-state index contributed by atoms with van der Waals surface area (Å²) in [5.74, 6) is 0. The topological polar surface area (TPSA) is 12.0 Å².